The highest BCUT2D eigenvalue weighted by Gasteiger charge is 2.37. The van der Waals surface area contributed by atoms with Crippen molar-refractivity contribution >= 4 is 66.2 Å². The van der Waals surface area contributed by atoms with E-state index in [0.29, 0.717) is 0 Å². The van der Waals surface area contributed by atoms with Gasteiger partial charge in [-0.05, 0) is 118 Å². The number of thiophene rings is 2. The molecule has 0 radical (unpaired) electrons. The molecule has 1 aliphatic carbocycles. The first kappa shape index (κ1) is 33.3. The van der Waals surface area contributed by atoms with Gasteiger partial charge in [-0.2, -0.15) is 0 Å². The Hall–Kier alpha value is -6.27. The molecule has 10 rings (SSSR count). The van der Waals surface area contributed by atoms with E-state index in [9.17, 15) is 0 Å². The number of anilines is 6. The van der Waals surface area contributed by atoms with Crippen molar-refractivity contribution < 1.29 is 0 Å². The maximum atomic E-state index is 4.60. The summed E-state index contributed by atoms with van der Waals surface area (Å²) in [6.45, 7) is 4.75. The van der Waals surface area contributed by atoms with E-state index in [4.69, 9.17) is 0 Å². The maximum absolute atomic E-state index is 4.60. The predicted octanol–water partition coefficient (Wildman–Crippen LogP) is 14.9. The van der Waals surface area contributed by atoms with Gasteiger partial charge in [-0.1, -0.05) is 105 Å². The topological polar surface area (TPSA) is 19.4 Å². The summed E-state index contributed by atoms with van der Waals surface area (Å²) >= 11 is 3.63. The minimum absolute atomic E-state index is 0.225. The first-order valence-corrected chi connectivity index (χ1v) is 20.4. The van der Waals surface area contributed by atoms with Gasteiger partial charge in [0.15, 0.2) is 0 Å². The Labute approximate surface area is 330 Å². The van der Waals surface area contributed by atoms with Crippen molar-refractivity contribution in [3.63, 3.8) is 0 Å². The lowest BCUT2D eigenvalue weighted by Crippen LogP contribution is -2.17. The largest absolute Gasteiger partial charge is 0.310 e. The van der Waals surface area contributed by atoms with Gasteiger partial charge in [0.05, 0.1) is 16.1 Å². The molecule has 3 heterocycles. The van der Waals surface area contributed by atoms with E-state index in [1.807, 2.05) is 41.0 Å². The zero-order valence-electron chi connectivity index (χ0n) is 30.6. The quantitative estimate of drug-likeness (QED) is 0.154. The fourth-order valence-corrected chi connectivity index (χ4v) is 10.2. The van der Waals surface area contributed by atoms with Crippen LogP contribution in [0.2, 0.25) is 0 Å². The van der Waals surface area contributed by atoms with Crippen LogP contribution in [0.4, 0.5) is 34.1 Å². The van der Waals surface area contributed by atoms with Crippen molar-refractivity contribution in [2.75, 3.05) is 9.80 Å². The molecule has 0 saturated heterocycles. The fraction of sp³-hybridized carbons (Fsp3) is 0.0600. The van der Waals surface area contributed by atoms with Crippen molar-refractivity contribution in [1.29, 1.82) is 0 Å². The second-order valence-corrected chi connectivity index (χ2v) is 16.3. The van der Waals surface area contributed by atoms with Gasteiger partial charge in [0.2, 0.25) is 0 Å². The fourth-order valence-electron chi connectivity index (χ4n) is 8.10. The van der Waals surface area contributed by atoms with Crippen molar-refractivity contribution in [1.82, 2.24) is 4.98 Å². The molecule has 55 heavy (non-hydrogen) atoms. The molecule has 0 saturated carbocycles. The summed E-state index contributed by atoms with van der Waals surface area (Å²) in [5.74, 6) is 0. The summed E-state index contributed by atoms with van der Waals surface area (Å²) in [4.78, 5) is 9.40. The van der Waals surface area contributed by atoms with Gasteiger partial charge in [0, 0.05) is 55.7 Å². The number of benzene rings is 6. The Morgan fingerprint density at radius 2 is 1.02 bits per heavy atom. The van der Waals surface area contributed by atoms with E-state index >= 15 is 0 Å². The van der Waals surface area contributed by atoms with Crippen LogP contribution in [0.1, 0.15) is 25.0 Å². The lowest BCUT2D eigenvalue weighted by molar-refractivity contribution is 0.660. The second-order valence-electron chi connectivity index (χ2n) is 14.5. The third-order valence-electron chi connectivity index (χ3n) is 10.9. The standard InChI is InChI=1S/C50H37N3S2/c1-50(2)44-31-40(52(38-20-16-35(17-21-38)34-11-5-3-6-12-34)39-22-18-36(19-23-39)46-15-9-10-29-51-46)24-26-42(44)43-27-25-41(32-45(43)50)53(37-13-7-4-8-14-37)47-33-55-48-28-30-54-49(47)48/h3-33H,1-2H3. The second kappa shape index (κ2) is 13.5. The van der Waals surface area contributed by atoms with E-state index in [-0.39, 0.29) is 5.41 Å². The lowest BCUT2D eigenvalue weighted by atomic mass is 9.82. The smallest absolute Gasteiger partial charge is 0.0747 e. The predicted molar refractivity (Wildman–Crippen MR) is 235 cm³/mol. The van der Waals surface area contributed by atoms with Gasteiger partial charge in [-0.25, -0.2) is 0 Å². The average Bonchev–Trinajstić information content (AvgIpc) is 3.93. The Balaban J connectivity index is 1.06. The summed E-state index contributed by atoms with van der Waals surface area (Å²) in [5.41, 5.74) is 16.4. The summed E-state index contributed by atoms with van der Waals surface area (Å²) in [7, 11) is 0. The van der Waals surface area contributed by atoms with E-state index in [0.717, 1.165) is 34.0 Å². The molecule has 0 fully saturated rings. The Bertz CT molecular complexity index is 2690. The van der Waals surface area contributed by atoms with Gasteiger partial charge in [-0.3, -0.25) is 4.98 Å². The van der Waals surface area contributed by atoms with E-state index in [1.165, 1.54) is 54.2 Å². The third kappa shape index (κ3) is 5.84. The minimum atomic E-state index is -0.225. The first-order valence-electron chi connectivity index (χ1n) is 18.6. The number of aromatic nitrogens is 1. The van der Waals surface area contributed by atoms with Crippen LogP contribution in [-0.4, -0.2) is 4.98 Å². The van der Waals surface area contributed by atoms with Gasteiger partial charge in [-0.15, -0.1) is 22.7 Å². The monoisotopic (exact) mass is 743 g/mol. The van der Waals surface area contributed by atoms with Crippen LogP contribution in [0.5, 0.6) is 0 Å². The molecular weight excluding hydrogens is 707 g/mol. The van der Waals surface area contributed by atoms with Gasteiger partial charge in [0.1, 0.15) is 0 Å². The normalized spacial score (nSPS) is 12.7. The lowest BCUT2D eigenvalue weighted by Gasteiger charge is -2.29. The van der Waals surface area contributed by atoms with Gasteiger partial charge in [0.25, 0.3) is 0 Å². The molecule has 264 valence electrons. The molecule has 5 heteroatoms. The molecule has 0 amide bonds. The highest BCUT2D eigenvalue weighted by Crippen LogP contribution is 2.53. The molecule has 0 bridgehead atoms. The molecule has 9 aromatic rings. The molecule has 3 aromatic heterocycles. The third-order valence-corrected chi connectivity index (χ3v) is 12.9. The van der Waals surface area contributed by atoms with Crippen LogP contribution in [0.3, 0.4) is 0 Å². The molecule has 0 atom stereocenters. The van der Waals surface area contributed by atoms with E-state index in [2.05, 4.69) is 197 Å². The van der Waals surface area contributed by atoms with Crippen molar-refractivity contribution in [3.05, 3.63) is 198 Å². The summed E-state index contributed by atoms with van der Waals surface area (Å²) in [6.07, 6.45) is 1.85. The highest BCUT2D eigenvalue weighted by molar-refractivity contribution is 7.27. The zero-order chi connectivity index (χ0) is 36.9. The number of para-hydroxylation sites is 1. The maximum Gasteiger partial charge on any atom is 0.0747 e. The molecule has 0 unspecified atom stereocenters. The van der Waals surface area contributed by atoms with Gasteiger partial charge < -0.3 is 9.80 Å². The van der Waals surface area contributed by atoms with E-state index in [1.54, 1.807) is 0 Å². The SMILES string of the molecule is CC1(C)c2cc(N(c3ccc(-c4ccccc4)cc3)c3ccc(-c4ccccn4)cc3)ccc2-c2ccc(N(c3ccccc3)c3csc4ccsc34)cc21. The van der Waals surface area contributed by atoms with Crippen LogP contribution in [0.15, 0.2) is 187 Å². The number of rotatable bonds is 8. The Kier molecular flexibility index (Phi) is 8.20. The molecule has 1 aliphatic rings. The zero-order valence-corrected chi connectivity index (χ0v) is 32.2. The van der Waals surface area contributed by atoms with Crippen LogP contribution in [0, 0.1) is 0 Å². The highest BCUT2D eigenvalue weighted by atomic mass is 32.1. The minimum Gasteiger partial charge on any atom is -0.310 e. The van der Waals surface area contributed by atoms with Crippen molar-refractivity contribution in [3.8, 4) is 33.5 Å². The van der Waals surface area contributed by atoms with E-state index < -0.39 is 0 Å². The van der Waals surface area contributed by atoms with Crippen molar-refractivity contribution in [2.45, 2.75) is 19.3 Å². The Morgan fingerprint density at radius 3 is 1.65 bits per heavy atom. The molecule has 0 N–H and O–H groups in total. The first-order chi connectivity index (χ1) is 27.0. The molecule has 0 spiro atoms. The van der Waals surface area contributed by atoms with Crippen LogP contribution in [0.25, 0.3) is 42.9 Å². The number of pyridine rings is 1. The van der Waals surface area contributed by atoms with Crippen molar-refractivity contribution in [2.24, 2.45) is 0 Å². The van der Waals surface area contributed by atoms with Crippen LogP contribution < -0.4 is 9.80 Å². The summed E-state index contributed by atoms with van der Waals surface area (Å²) < 4.78 is 2.65. The molecule has 0 aliphatic heterocycles. The molecular formula is C50H37N3S2. The molecule has 3 nitrogen and oxygen atoms in total. The number of fused-ring (bicyclic) bond motifs is 4. The van der Waals surface area contributed by atoms with Crippen LogP contribution in [-0.2, 0) is 5.41 Å². The Morgan fingerprint density at radius 1 is 0.473 bits per heavy atom. The number of nitrogens with zero attached hydrogens (tertiary/aromatic N) is 3. The summed E-state index contributed by atoms with van der Waals surface area (Å²) in [5, 5.41) is 4.50. The summed E-state index contributed by atoms with van der Waals surface area (Å²) in [6, 6.07) is 61.4. The van der Waals surface area contributed by atoms with Gasteiger partial charge >= 0.3 is 0 Å². The molecule has 6 aromatic carbocycles. The number of hydrogen-bond donors (Lipinski definition) is 0. The van der Waals surface area contributed by atoms with Crippen LogP contribution >= 0.6 is 22.7 Å². The number of hydrogen-bond acceptors (Lipinski definition) is 5. The average molecular weight is 744 g/mol.